The SMILES string of the molecule is CC1CCC2c3cccc4c(=O)c5ccccc5n(c34)C2C1C. The summed E-state index contributed by atoms with van der Waals surface area (Å²) in [5.41, 5.74) is 3.90. The zero-order valence-corrected chi connectivity index (χ0v) is 13.6. The van der Waals surface area contributed by atoms with Crippen molar-refractivity contribution >= 4 is 21.8 Å². The zero-order chi connectivity index (χ0) is 15.7. The van der Waals surface area contributed by atoms with Crippen molar-refractivity contribution in [2.24, 2.45) is 11.8 Å². The molecule has 116 valence electrons. The zero-order valence-electron chi connectivity index (χ0n) is 13.6. The van der Waals surface area contributed by atoms with E-state index in [-0.39, 0.29) is 5.43 Å². The number of nitrogens with zero attached hydrogens (tertiary/aromatic N) is 1. The molecule has 0 amide bonds. The molecule has 2 nitrogen and oxygen atoms in total. The molecule has 2 aromatic carbocycles. The monoisotopic (exact) mass is 303 g/mol. The van der Waals surface area contributed by atoms with Crippen molar-refractivity contribution in [2.45, 2.75) is 38.6 Å². The molecule has 0 spiro atoms. The smallest absolute Gasteiger partial charge is 0.197 e. The van der Waals surface area contributed by atoms with Gasteiger partial charge in [0.1, 0.15) is 0 Å². The Bertz CT molecular complexity index is 1000. The third kappa shape index (κ3) is 1.56. The van der Waals surface area contributed by atoms with Crippen LogP contribution in [-0.2, 0) is 0 Å². The number of hydrogen-bond acceptors (Lipinski definition) is 1. The fraction of sp³-hybridized carbons (Fsp3) is 0.381. The van der Waals surface area contributed by atoms with Gasteiger partial charge in [-0.25, -0.2) is 0 Å². The predicted octanol–water partition coefficient (Wildman–Crippen LogP) is 4.86. The highest BCUT2D eigenvalue weighted by atomic mass is 16.1. The lowest BCUT2D eigenvalue weighted by atomic mass is 9.71. The number of fused-ring (bicyclic) bond motifs is 5. The van der Waals surface area contributed by atoms with E-state index in [0.29, 0.717) is 17.9 Å². The van der Waals surface area contributed by atoms with Crippen molar-refractivity contribution in [2.75, 3.05) is 0 Å². The van der Waals surface area contributed by atoms with E-state index in [1.807, 2.05) is 18.2 Å². The van der Waals surface area contributed by atoms with E-state index in [0.717, 1.165) is 22.2 Å². The summed E-state index contributed by atoms with van der Waals surface area (Å²) in [4.78, 5) is 13.0. The van der Waals surface area contributed by atoms with Gasteiger partial charge >= 0.3 is 0 Å². The molecule has 0 N–H and O–H groups in total. The Balaban J connectivity index is 1.99. The van der Waals surface area contributed by atoms with E-state index in [1.54, 1.807) is 0 Å². The summed E-state index contributed by atoms with van der Waals surface area (Å²) in [5.74, 6) is 1.93. The van der Waals surface area contributed by atoms with Crippen LogP contribution in [0.15, 0.2) is 47.3 Å². The van der Waals surface area contributed by atoms with Gasteiger partial charge in [-0.3, -0.25) is 4.79 Å². The van der Waals surface area contributed by atoms with Crippen molar-refractivity contribution < 1.29 is 0 Å². The molecule has 4 atom stereocenters. The van der Waals surface area contributed by atoms with Gasteiger partial charge in [0.15, 0.2) is 5.43 Å². The Morgan fingerprint density at radius 1 is 0.957 bits per heavy atom. The number of pyridine rings is 1. The molecular formula is C21H21NO. The quantitative estimate of drug-likeness (QED) is 0.544. The highest BCUT2D eigenvalue weighted by Gasteiger charge is 2.42. The van der Waals surface area contributed by atoms with Crippen LogP contribution in [0, 0.1) is 11.8 Å². The van der Waals surface area contributed by atoms with Crippen LogP contribution in [0.4, 0.5) is 0 Å². The fourth-order valence-electron chi connectivity index (χ4n) is 5.10. The molecular weight excluding hydrogens is 282 g/mol. The van der Waals surface area contributed by atoms with E-state index in [4.69, 9.17) is 0 Å². The lowest BCUT2D eigenvalue weighted by Gasteiger charge is -2.38. The molecule has 1 aliphatic heterocycles. The van der Waals surface area contributed by atoms with Crippen LogP contribution in [0.2, 0.25) is 0 Å². The van der Waals surface area contributed by atoms with Gasteiger partial charge in [0.2, 0.25) is 0 Å². The number of para-hydroxylation sites is 2. The van der Waals surface area contributed by atoms with Gasteiger partial charge in [0, 0.05) is 22.7 Å². The highest BCUT2D eigenvalue weighted by Crippen LogP contribution is 2.53. The van der Waals surface area contributed by atoms with Gasteiger partial charge in [-0.1, -0.05) is 38.1 Å². The van der Waals surface area contributed by atoms with Crippen molar-refractivity contribution in [3.63, 3.8) is 0 Å². The first kappa shape index (κ1) is 13.4. The van der Waals surface area contributed by atoms with Crippen LogP contribution in [0.5, 0.6) is 0 Å². The fourth-order valence-corrected chi connectivity index (χ4v) is 5.10. The molecule has 4 unspecified atom stereocenters. The molecule has 1 fully saturated rings. The van der Waals surface area contributed by atoms with Gasteiger partial charge in [0.05, 0.1) is 11.0 Å². The molecule has 0 bridgehead atoms. The second kappa shape index (κ2) is 4.47. The molecule has 1 aromatic heterocycles. The minimum absolute atomic E-state index is 0.188. The standard InChI is InChI=1S/C21H21NO/c1-12-10-11-15-14-7-5-8-17-20(14)22(19(15)13(12)2)18-9-4-3-6-16(18)21(17)23/h3-9,12-13,15,19H,10-11H2,1-2H3. The third-order valence-electron chi connectivity index (χ3n) is 6.44. The molecule has 0 radical (unpaired) electrons. The first-order valence-corrected chi connectivity index (χ1v) is 8.74. The van der Waals surface area contributed by atoms with Crippen LogP contribution < -0.4 is 5.43 Å². The van der Waals surface area contributed by atoms with Crippen LogP contribution in [0.1, 0.15) is 44.2 Å². The summed E-state index contributed by atoms with van der Waals surface area (Å²) in [6, 6.07) is 15.0. The first-order valence-electron chi connectivity index (χ1n) is 8.74. The Morgan fingerprint density at radius 2 is 1.74 bits per heavy atom. The summed E-state index contributed by atoms with van der Waals surface area (Å²) in [7, 11) is 0. The Kier molecular flexibility index (Phi) is 2.60. The normalized spacial score (nSPS) is 29.1. The highest BCUT2D eigenvalue weighted by molar-refractivity contribution is 5.96. The average Bonchev–Trinajstić information content (AvgIpc) is 2.92. The first-order chi connectivity index (χ1) is 11.2. The van der Waals surface area contributed by atoms with Crippen LogP contribution in [0.3, 0.4) is 0 Å². The summed E-state index contributed by atoms with van der Waals surface area (Å²) in [6.07, 6.45) is 2.52. The average molecular weight is 303 g/mol. The maximum Gasteiger partial charge on any atom is 0.197 e. The summed E-state index contributed by atoms with van der Waals surface area (Å²) in [6.45, 7) is 4.78. The number of aromatic nitrogens is 1. The Labute approximate surface area is 135 Å². The minimum Gasteiger partial charge on any atom is -0.336 e. The molecule has 3 aromatic rings. The van der Waals surface area contributed by atoms with Gasteiger partial charge in [-0.2, -0.15) is 0 Å². The minimum atomic E-state index is 0.188. The van der Waals surface area contributed by atoms with Crippen molar-refractivity contribution in [3.8, 4) is 0 Å². The second-order valence-corrected chi connectivity index (χ2v) is 7.47. The molecule has 2 heterocycles. The summed E-state index contributed by atoms with van der Waals surface area (Å²) in [5, 5.41) is 1.76. The van der Waals surface area contributed by atoms with E-state index in [1.165, 1.54) is 23.9 Å². The van der Waals surface area contributed by atoms with Crippen LogP contribution >= 0.6 is 0 Å². The van der Waals surface area contributed by atoms with Crippen molar-refractivity contribution in [3.05, 3.63) is 58.3 Å². The molecule has 0 saturated heterocycles. The molecule has 2 aliphatic rings. The second-order valence-electron chi connectivity index (χ2n) is 7.47. The Morgan fingerprint density at radius 3 is 2.61 bits per heavy atom. The maximum atomic E-state index is 13.0. The van der Waals surface area contributed by atoms with E-state index < -0.39 is 0 Å². The molecule has 2 heteroatoms. The van der Waals surface area contributed by atoms with E-state index >= 15 is 0 Å². The lowest BCUT2D eigenvalue weighted by molar-refractivity contribution is 0.176. The topological polar surface area (TPSA) is 22.0 Å². The van der Waals surface area contributed by atoms with E-state index in [9.17, 15) is 4.79 Å². The predicted molar refractivity (Wildman–Crippen MR) is 95.1 cm³/mol. The van der Waals surface area contributed by atoms with Gasteiger partial charge in [-0.05, 0) is 48.4 Å². The summed E-state index contributed by atoms with van der Waals surface area (Å²) < 4.78 is 2.51. The van der Waals surface area contributed by atoms with Gasteiger partial charge in [-0.15, -0.1) is 0 Å². The molecule has 5 rings (SSSR count). The third-order valence-corrected chi connectivity index (χ3v) is 6.44. The molecule has 1 aliphatic carbocycles. The Hall–Kier alpha value is -2.09. The lowest BCUT2D eigenvalue weighted by Crippen LogP contribution is -2.29. The number of hydrogen-bond donors (Lipinski definition) is 0. The van der Waals surface area contributed by atoms with Gasteiger partial charge in [0.25, 0.3) is 0 Å². The van der Waals surface area contributed by atoms with Crippen molar-refractivity contribution in [1.29, 1.82) is 0 Å². The molecule has 1 saturated carbocycles. The molecule has 23 heavy (non-hydrogen) atoms. The largest absolute Gasteiger partial charge is 0.336 e. The van der Waals surface area contributed by atoms with E-state index in [2.05, 4.69) is 42.7 Å². The number of rotatable bonds is 0. The van der Waals surface area contributed by atoms with Crippen molar-refractivity contribution in [1.82, 2.24) is 4.57 Å². The number of benzene rings is 2. The van der Waals surface area contributed by atoms with Crippen LogP contribution in [-0.4, -0.2) is 4.57 Å². The summed E-state index contributed by atoms with van der Waals surface area (Å²) >= 11 is 0. The maximum absolute atomic E-state index is 13.0. The van der Waals surface area contributed by atoms with Gasteiger partial charge < -0.3 is 4.57 Å². The van der Waals surface area contributed by atoms with Crippen LogP contribution in [0.25, 0.3) is 21.8 Å².